The number of amides is 2. The molecule has 0 aliphatic carbocycles. The molecule has 0 spiro atoms. The summed E-state index contributed by atoms with van der Waals surface area (Å²) in [5.74, 6) is 0.0437. The highest BCUT2D eigenvalue weighted by Gasteiger charge is 2.21. The third-order valence-electron chi connectivity index (χ3n) is 7.13. The smallest absolute Gasteiger partial charge is 0.248 e. The van der Waals surface area contributed by atoms with E-state index in [1.807, 2.05) is 48.5 Å². The highest BCUT2D eigenvalue weighted by atomic mass is 16.5. The maximum Gasteiger partial charge on any atom is 0.248 e. The van der Waals surface area contributed by atoms with E-state index in [1.54, 1.807) is 18.2 Å². The molecule has 1 heterocycles. The van der Waals surface area contributed by atoms with Gasteiger partial charge in [0.25, 0.3) is 0 Å². The highest BCUT2D eigenvalue weighted by molar-refractivity contribution is 6.03. The first kappa shape index (κ1) is 30.0. The van der Waals surface area contributed by atoms with Gasteiger partial charge in [0.15, 0.2) is 0 Å². The molecule has 4 rings (SSSR count). The molecule has 1 fully saturated rings. The van der Waals surface area contributed by atoms with Crippen molar-refractivity contribution in [1.82, 2.24) is 10.2 Å². The lowest BCUT2D eigenvalue weighted by atomic mass is 10.0. The van der Waals surface area contributed by atoms with Crippen molar-refractivity contribution in [2.45, 2.75) is 32.2 Å². The van der Waals surface area contributed by atoms with Gasteiger partial charge in [0.1, 0.15) is 6.04 Å². The maximum atomic E-state index is 13.5. The highest BCUT2D eigenvalue weighted by Crippen LogP contribution is 2.21. The number of rotatable bonds is 12. The summed E-state index contributed by atoms with van der Waals surface area (Å²) < 4.78 is 5.44. The van der Waals surface area contributed by atoms with E-state index in [9.17, 15) is 9.59 Å². The number of nitrogens with zero attached hydrogens (tertiary/aromatic N) is 1. The van der Waals surface area contributed by atoms with Gasteiger partial charge < -0.3 is 26.4 Å². The average Bonchev–Trinajstić information content (AvgIpc) is 2.98. The number of nitrogen functional groups attached to an aromatic ring is 1. The van der Waals surface area contributed by atoms with Crippen LogP contribution in [0.15, 0.2) is 78.9 Å². The second-order valence-corrected chi connectivity index (χ2v) is 10.5. The standard InChI is InChI=1S/C33H41N5O3/c1-24(2)26-13-15-28(16-14-26)36-33(40)32(35-18-5-19-38-20-22-41-23-21-38)27-11-8-25(9-12-27)10-17-31(39)37-30-7-4-3-6-29(30)34/h3-4,6-17,24,32,35H,5,18-23,34H2,1-2H3,(H,36,40)(H,37,39)/b17-10+. The average molecular weight is 556 g/mol. The van der Waals surface area contributed by atoms with Gasteiger partial charge in [-0.1, -0.05) is 62.4 Å². The Morgan fingerprint density at radius 2 is 1.61 bits per heavy atom. The Balaban J connectivity index is 1.40. The summed E-state index contributed by atoms with van der Waals surface area (Å²) in [6.45, 7) is 9.40. The van der Waals surface area contributed by atoms with Gasteiger partial charge in [-0.15, -0.1) is 0 Å². The van der Waals surface area contributed by atoms with Crippen LogP contribution in [0, 0.1) is 0 Å². The Hall–Kier alpha value is -3.98. The van der Waals surface area contributed by atoms with Crippen LogP contribution in [0.1, 0.15) is 48.9 Å². The lowest BCUT2D eigenvalue weighted by Gasteiger charge is -2.27. The zero-order valence-electron chi connectivity index (χ0n) is 23.9. The minimum Gasteiger partial charge on any atom is -0.397 e. The van der Waals surface area contributed by atoms with Crippen molar-refractivity contribution in [1.29, 1.82) is 0 Å². The van der Waals surface area contributed by atoms with Gasteiger partial charge >= 0.3 is 0 Å². The molecule has 0 aromatic heterocycles. The van der Waals surface area contributed by atoms with E-state index in [-0.39, 0.29) is 11.8 Å². The summed E-state index contributed by atoms with van der Waals surface area (Å²) in [6, 6.07) is 22.3. The summed E-state index contributed by atoms with van der Waals surface area (Å²) in [4.78, 5) is 28.2. The van der Waals surface area contributed by atoms with Crippen LogP contribution < -0.4 is 21.7 Å². The summed E-state index contributed by atoms with van der Waals surface area (Å²) in [5, 5.41) is 9.32. The van der Waals surface area contributed by atoms with E-state index in [1.165, 1.54) is 11.6 Å². The maximum absolute atomic E-state index is 13.5. The number of carbonyl (C=O) groups excluding carboxylic acids is 2. The number of benzene rings is 3. The fourth-order valence-electron chi connectivity index (χ4n) is 4.66. The minimum absolute atomic E-state index is 0.114. The topological polar surface area (TPSA) is 109 Å². The molecule has 1 atom stereocenters. The number of nitrogens with two attached hydrogens (primary N) is 1. The Bertz CT molecular complexity index is 1300. The lowest BCUT2D eigenvalue weighted by molar-refractivity contribution is -0.118. The van der Waals surface area contributed by atoms with Crippen molar-refractivity contribution in [3.63, 3.8) is 0 Å². The molecular formula is C33H41N5O3. The van der Waals surface area contributed by atoms with Crippen LogP contribution in [0.25, 0.3) is 6.08 Å². The van der Waals surface area contributed by atoms with Crippen LogP contribution in [0.4, 0.5) is 17.1 Å². The number of hydrogen-bond acceptors (Lipinski definition) is 6. The summed E-state index contributed by atoms with van der Waals surface area (Å²) >= 11 is 0. The quantitative estimate of drug-likeness (QED) is 0.142. The van der Waals surface area contributed by atoms with Gasteiger partial charge in [0.05, 0.1) is 24.6 Å². The van der Waals surface area contributed by atoms with Gasteiger partial charge in [0, 0.05) is 24.9 Å². The fourth-order valence-corrected chi connectivity index (χ4v) is 4.66. The second-order valence-electron chi connectivity index (χ2n) is 10.5. The molecule has 0 radical (unpaired) electrons. The Morgan fingerprint density at radius 1 is 0.927 bits per heavy atom. The lowest BCUT2D eigenvalue weighted by Crippen LogP contribution is -2.39. The zero-order chi connectivity index (χ0) is 29.0. The molecule has 2 amide bonds. The molecule has 1 aliphatic rings. The molecule has 8 heteroatoms. The number of ether oxygens (including phenoxy) is 1. The van der Waals surface area contributed by atoms with Crippen molar-refractivity contribution < 1.29 is 14.3 Å². The molecule has 0 bridgehead atoms. The SMILES string of the molecule is CC(C)c1ccc(NC(=O)C(NCCCN2CCOCC2)c2ccc(/C=C/C(=O)Nc3ccccc3N)cc2)cc1. The fraction of sp³-hybridized carbons (Fsp3) is 0.333. The summed E-state index contributed by atoms with van der Waals surface area (Å²) in [6.07, 6.45) is 4.13. The number of anilines is 3. The van der Waals surface area contributed by atoms with E-state index >= 15 is 0 Å². The van der Waals surface area contributed by atoms with E-state index in [0.717, 1.165) is 56.1 Å². The van der Waals surface area contributed by atoms with Crippen LogP contribution in [-0.2, 0) is 14.3 Å². The number of hydrogen-bond donors (Lipinski definition) is 4. The molecule has 5 N–H and O–H groups in total. The normalized spacial score (nSPS) is 14.7. The third kappa shape index (κ3) is 9.28. The molecule has 1 unspecified atom stereocenters. The molecule has 3 aromatic rings. The molecule has 3 aromatic carbocycles. The van der Waals surface area contributed by atoms with E-state index in [2.05, 4.69) is 46.8 Å². The minimum atomic E-state index is -0.521. The summed E-state index contributed by atoms with van der Waals surface area (Å²) in [7, 11) is 0. The first-order chi connectivity index (χ1) is 19.9. The number of morpholine rings is 1. The number of para-hydroxylation sites is 2. The van der Waals surface area contributed by atoms with Crippen LogP contribution in [0.5, 0.6) is 0 Å². The van der Waals surface area contributed by atoms with Gasteiger partial charge in [-0.2, -0.15) is 0 Å². The number of nitrogens with one attached hydrogen (secondary N) is 3. The molecule has 0 saturated carbocycles. The number of carbonyl (C=O) groups is 2. The second kappa shape index (κ2) is 15.1. The van der Waals surface area contributed by atoms with Gasteiger partial charge in [-0.05, 0) is 72.5 Å². The van der Waals surface area contributed by atoms with Crippen LogP contribution in [0.3, 0.4) is 0 Å². The molecule has 1 saturated heterocycles. The van der Waals surface area contributed by atoms with Gasteiger partial charge in [-0.25, -0.2) is 0 Å². The van der Waals surface area contributed by atoms with E-state index in [0.29, 0.717) is 23.8 Å². The molecule has 8 nitrogen and oxygen atoms in total. The van der Waals surface area contributed by atoms with Crippen molar-refractivity contribution in [2.75, 3.05) is 55.8 Å². The largest absolute Gasteiger partial charge is 0.397 e. The third-order valence-corrected chi connectivity index (χ3v) is 7.13. The first-order valence-electron chi connectivity index (χ1n) is 14.3. The van der Waals surface area contributed by atoms with Crippen LogP contribution in [-0.4, -0.2) is 56.1 Å². The Morgan fingerprint density at radius 3 is 2.29 bits per heavy atom. The van der Waals surface area contributed by atoms with E-state index in [4.69, 9.17) is 10.5 Å². The molecule has 1 aliphatic heterocycles. The van der Waals surface area contributed by atoms with Crippen molar-refractivity contribution >= 4 is 35.0 Å². The predicted molar refractivity (Wildman–Crippen MR) is 167 cm³/mol. The summed E-state index contributed by atoms with van der Waals surface area (Å²) in [5.41, 5.74) is 10.7. The Kier molecular flexibility index (Phi) is 11.1. The van der Waals surface area contributed by atoms with Gasteiger partial charge in [0.2, 0.25) is 11.8 Å². The van der Waals surface area contributed by atoms with Crippen LogP contribution in [0.2, 0.25) is 0 Å². The van der Waals surface area contributed by atoms with E-state index < -0.39 is 6.04 Å². The molecular weight excluding hydrogens is 514 g/mol. The monoisotopic (exact) mass is 555 g/mol. The first-order valence-corrected chi connectivity index (χ1v) is 14.3. The molecule has 41 heavy (non-hydrogen) atoms. The van der Waals surface area contributed by atoms with Crippen molar-refractivity contribution in [2.24, 2.45) is 0 Å². The van der Waals surface area contributed by atoms with Crippen molar-refractivity contribution in [3.8, 4) is 0 Å². The Labute approximate surface area is 243 Å². The van der Waals surface area contributed by atoms with Crippen molar-refractivity contribution in [3.05, 3.63) is 95.6 Å². The zero-order valence-corrected chi connectivity index (χ0v) is 23.9. The molecule has 216 valence electrons. The van der Waals surface area contributed by atoms with Gasteiger partial charge in [-0.3, -0.25) is 14.5 Å². The predicted octanol–water partition coefficient (Wildman–Crippen LogP) is 5.04. The van der Waals surface area contributed by atoms with Crippen LogP contribution >= 0.6 is 0 Å².